The summed E-state index contributed by atoms with van der Waals surface area (Å²) in [6.07, 6.45) is 2.93. The van der Waals surface area contributed by atoms with Crippen LogP contribution in [0.1, 0.15) is 15.9 Å². The summed E-state index contributed by atoms with van der Waals surface area (Å²) < 4.78 is 10.6. The number of rotatable bonds is 4. The Balaban J connectivity index is 1.76. The van der Waals surface area contributed by atoms with Crippen molar-refractivity contribution < 1.29 is 13.9 Å². The minimum atomic E-state index is -0.0648. The first kappa shape index (κ1) is 12.2. The number of para-hydroxylation sites is 1. The predicted molar refractivity (Wildman–Crippen MR) is 75.1 cm³/mol. The molecule has 2 aromatic carbocycles. The molecule has 0 aliphatic rings. The van der Waals surface area contributed by atoms with Crippen LogP contribution >= 0.6 is 0 Å². The van der Waals surface area contributed by atoms with E-state index in [0.29, 0.717) is 16.9 Å². The molecule has 20 heavy (non-hydrogen) atoms. The van der Waals surface area contributed by atoms with Crippen LogP contribution in [0.15, 0.2) is 77.6 Å². The molecular weight excluding hydrogens is 252 g/mol. The van der Waals surface area contributed by atoms with Crippen molar-refractivity contribution in [3.8, 4) is 11.5 Å². The van der Waals surface area contributed by atoms with Crippen molar-refractivity contribution in [1.82, 2.24) is 0 Å². The zero-order chi connectivity index (χ0) is 13.8. The Morgan fingerprint density at radius 1 is 0.800 bits per heavy atom. The van der Waals surface area contributed by atoms with Crippen molar-refractivity contribution in [1.29, 1.82) is 0 Å². The fraction of sp³-hybridized carbons (Fsp3) is 0. The first-order chi connectivity index (χ1) is 9.83. The summed E-state index contributed by atoms with van der Waals surface area (Å²) in [5.74, 6) is 1.39. The molecule has 0 spiro atoms. The SMILES string of the molecule is O=C(c1ccc(Oc2ccccc2)cc1)c1ccoc1. The lowest BCUT2D eigenvalue weighted by Crippen LogP contribution is -1.99. The summed E-state index contributed by atoms with van der Waals surface area (Å²) in [6, 6.07) is 18.2. The zero-order valence-electron chi connectivity index (χ0n) is 10.7. The van der Waals surface area contributed by atoms with E-state index in [0.717, 1.165) is 5.75 Å². The van der Waals surface area contributed by atoms with Crippen LogP contribution in [0.3, 0.4) is 0 Å². The van der Waals surface area contributed by atoms with Gasteiger partial charge in [-0.05, 0) is 42.5 Å². The summed E-state index contributed by atoms with van der Waals surface area (Å²) in [6.45, 7) is 0. The summed E-state index contributed by atoms with van der Waals surface area (Å²) in [4.78, 5) is 12.1. The highest BCUT2D eigenvalue weighted by Crippen LogP contribution is 2.22. The number of carbonyl (C=O) groups is 1. The van der Waals surface area contributed by atoms with Crippen molar-refractivity contribution in [3.05, 3.63) is 84.3 Å². The molecule has 0 atom stereocenters. The van der Waals surface area contributed by atoms with Crippen molar-refractivity contribution in [3.63, 3.8) is 0 Å². The third-order valence-electron chi connectivity index (χ3n) is 2.88. The molecule has 3 heteroatoms. The molecule has 0 aliphatic carbocycles. The number of furan rings is 1. The van der Waals surface area contributed by atoms with E-state index in [4.69, 9.17) is 9.15 Å². The lowest BCUT2D eigenvalue weighted by molar-refractivity contribution is 0.103. The lowest BCUT2D eigenvalue weighted by atomic mass is 10.1. The van der Waals surface area contributed by atoms with Crippen molar-refractivity contribution in [2.75, 3.05) is 0 Å². The van der Waals surface area contributed by atoms with Gasteiger partial charge in [0, 0.05) is 5.56 Å². The second-order valence-corrected chi connectivity index (χ2v) is 4.28. The number of carbonyl (C=O) groups excluding carboxylic acids is 1. The number of ether oxygens (including phenoxy) is 1. The van der Waals surface area contributed by atoms with E-state index in [9.17, 15) is 4.79 Å². The molecule has 0 fully saturated rings. The van der Waals surface area contributed by atoms with Crippen LogP contribution < -0.4 is 4.74 Å². The van der Waals surface area contributed by atoms with E-state index in [1.807, 2.05) is 30.3 Å². The van der Waals surface area contributed by atoms with E-state index in [2.05, 4.69) is 0 Å². The molecule has 0 saturated carbocycles. The van der Waals surface area contributed by atoms with Crippen molar-refractivity contribution in [2.45, 2.75) is 0 Å². The summed E-state index contributed by atoms with van der Waals surface area (Å²) in [7, 11) is 0. The smallest absolute Gasteiger partial charge is 0.196 e. The first-order valence-corrected chi connectivity index (χ1v) is 6.23. The quantitative estimate of drug-likeness (QED) is 0.659. The fourth-order valence-electron chi connectivity index (χ4n) is 1.86. The van der Waals surface area contributed by atoms with Gasteiger partial charge < -0.3 is 9.15 Å². The molecule has 0 saturated heterocycles. The van der Waals surface area contributed by atoms with Gasteiger partial charge in [0.2, 0.25) is 0 Å². The molecule has 0 radical (unpaired) electrons. The Hall–Kier alpha value is -2.81. The molecule has 0 unspecified atom stereocenters. The van der Waals surface area contributed by atoms with Gasteiger partial charge in [-0.15, -0.1) is 0 Å². The van der Waals surface area contributed by atoms with Gasteiger partial charge in [-0.2, -0.15) is 0 Å². The van der Waals surface area contributed by atoms with Crippen LogP contribution in [0.2, 0.25) is 0 Å². The third-order valence-corrected chi connectivity index (χ3v) is 2.88. The average Bonchev–Trinajstić information content (AvgIpc) is 3.03. The molecule has 0 bridgehead atoms. The second-order valence-electron chi connectivity index (χ2n) is 4.28. The molecule has 0 aliphatic heterocycles. The van der Waals surface area contributed by atoms with Gasteiger partial charge in [0.15, 0.2) is 5.78 Å². The van der Waals surface area contributed by atoms with Gasteiger partial charge in [0.1, 0.15) is 17.8 Å². The highest BCUT2D eigenvalue weighted by molar-refractivity contribution is 6.08. The predicted octanol–water partition coefficient (Wildman–Crippen LogP) is 4.30. The number of hydrogen-bond donors (Lipinski definition) is 0. The Labute approximate surface area is 116 Å². The molecule has 0 N–H and O–H groups in total. The number of hydrogen-bond acceptors (Lipinski definition) is 3. The summed E-state index contributed by atoms with van der Waals surface area (Å²) in [5, 5.41) is 0. The van der Waals surface area contributed by atoms with Gasteiger partial charge in [-0.25, -0.2) is 0 Å². The maximum Gasteiger partial charge on any atom is 0.196 e. The molecule has 3 aromatic rings. The normalized spacial score (nSPS) is 10.2. The second kappa shape index (κ2) is 5.45. The van der Waals surface area contributed by atoms with Gasteiger partial charge in [-0.1, -0.05) is 18.2 Å². The van der Waals surface area contributed by atoms with Crippen molar-refractivity contribution in [2.24, 2.45) is 0 Å². The fourth-order valence-corrected chi connectivity index (χ4v) is 1.86. The maximum absolute atomic E-state index is 12.1. The number of benzene rings is 2. The van der Waals surface area contributed by atoms with E-state index in [1.165, 1.54) is 12.5 Å². The Kier molecular flexibility index (Phi) is 3.33. The highest BCUT2D eigenvalue weighted by Gasteiger charge is 2.10. The van der Waals surface area contributed by atoms with Crippen LogP contribution in [0.4, 0.5) is 0 Å². The third kappa shape index (κ3) is 2.62. The Bertz CT molecular complexity index is 683. The minimum Gasteiger partial charge on any atom is -0.472 e. The van der Waals surface area contributed by atoms with Gasteiger partial charge in [-0.3, -0.25) is 4.79 Å². The molecule has 3 rings (SSSR count). The molecule has 1 aromatic heterocycles. The first-order valence-electron chi connectivity index (χ1n) is 6.23. The Morgan fingerprint density at radius 2 is 1.50 bits per heavy atom. The molecule has 0 amide bonds. The van der Waals surface area contributed by atoms with E-state index >= 15 is 0 Å². The van der Waals surface area contributed by atoms with Crippen LogP contribution in [-0.4, -0.2) is 5.78 Å². The van der Waals surface area contributed by atoms with E-state index in [1.54, 1.807) is 30.3 Å². The summed E-state index contributed by atoms with van der Waals surface area (Å²) in [5.41, 5.74) is 1.15. The number of ketones is 1. The average molecular weight is 264 g/mol. The van der Waals surface area contributed by atoms with Crippen LogP contribution in [0.5, 0.6) is 11.5 Å². The highest BCUT2D eigenvalue weighted by atomic mass is 16.5. The van der Waals surface area contributed by atoms with E-state index < -0.39 is 0 Å². The Morgan fingerprint density at radius 3 is 2.15 bits per heavy atom. The minimum absolute atomic E-state index is 0.0648. The largest absolute Gasteiger partial charge is 0.472 e. The van der Waals surface area contributed by atoms with Gasteiger partial charge >= 0.3 is 0 Å². The monoisotopic (exact) mass is 264 g/mol. The van der Waals surface area contributed by atoms with Gasteiger partial charge in [0.05, 0.1) is 11.8 Å². The summed E-state index contributed by atoms with van der Waals surface area (Å²) >= 11 is 0. The molecule has 3 nitrogen and oxygen atoms in total. The van der Waals surface area contributed by atoms with Crippen LogP contribution in [0, 0.1) is 0 Å². The molecular formula is C17H12O3. The topological polar surface area (TPSA) is 39.4 Å². The standard InChI is InChI=1S/C17H12O3/c18-17(14-10-11-19-12-14)13-6-8-16(9-7-13)20-15-4-2-1-3-5-15/h1-12H. The zero-order valence-corrected chi connectivity index (χ0v) is 10.7. The van der Waals surface area contributed by atoms with Crippen molar-refractivity contribution >= 4 is 5.78 Å². The van der Waals surface area contributed by atoms with E-state index in [-0.39, 0.29) is 5.78 Å². The molecule has 98 valence electrons. The van der Waals surface area contributed by atoms with Gasteiger partial charge in [0.25, 0.3) is 0 Å². The maximum atomic E-state index is 12.1. The molecule has 1 heterocycles. The van der Waals surface area contributed by atoms with Crippen LogP contribution in [0.25, 0.3) is 0 Å². The van der Waals surface area contributed by atoms with Crippen LogP contribution in [-0.2, 0) is 0 Å². The lowest BCUT2D eigenvalue weighted by Gasteiger charge is -2.05.